The van der Waals surface area contributed by atoms with Crippen molar-refractivity contribution in [2.45, 2.75) is 25.4 Å². The number of methoxy groups -OCH3 is 1. The maximum Gasteiger partial charge on any atom is 0.129 e. The van der Waals surface area contributed by atoms with Crippen molar-refractivity contribution in [2.24, 2.45) is 0 Å². The Bertz CT molecular complexity index is 666. The summed E-state index contributed by atoms with van der Waals surface area (Å²) >= 11 is 6.12. The zero-order chi connectivity index (χ0) is 17.6. The summed E-state index contributed by atoms with van der Waals surface area (Å²) in [6.45, 7) is 3.36. The van der Waals surface area contributed by atoms with Crippen LogP contribution in [0.4, 0.5) is 4.39 Å². The van der Waals surface area contributed by atoms with Crippen molar-refractivity contribution in [3.8, 4) is 5.75 Å². The van der Waals surface area contributed by atoms with Gasteiger partial charge in [0.25, 0.3) is 0 Å². The van der Waals surface area contributed by atoms with Crippen molar-refractivity contribution in [2.75, 3.05) is 26.7 Å². The largest absolute Gasteiger partial charge is 0.497 e. The van der Waals surface area contributed by atoms with Crippen LogP contribution in [0.5, 0.6) is 5.75 Å². The van der Waals surface area contributed by atoms with Crippen molar-refractivity contribution in [1.82, 2.24) is 10.2 Å². The van der Waals surface area contributed by atoms with Crippen molar-refractivity contribution in [3.63, 3.8) is 0 Å². The number of benzene rings is 2. The Kier molecular flexibility index (Phi) is 6.29. The van der Waals surface area contributed by atoms with E-state index < -0.39 is 0 Å². The number of hydrogen-bond acceptors (Lipinski definition) is 3. The van der Waals surface area contributed by atoms with Gasteiger partial charge in [0.1, 0.15) is 11.6 Å². The lowest BCUT2D eigenvalue weighted by Crippen LogP contribution is -2.34. The highest BCUT2D eigenvalue weighted by atomic mass is 35.5. The van der Waals surface area contributed by atoms with Gasteiger partial charge in [0, 0.05) is 29.7 Å². The van der Waals surface area contributed by atoms with E-state index >= 15 is 0 Å². The highest BCUT2D eigenvalue weighted by Gasteiger charge is 2.23. The summed E-state index contributed by atoms with van der Waals surface area (Å²) in [6.07, 6.45) is 2.46. The third-order valence-corrected chi connectivity index (χ3v) is 5.14. The summed E-state index contributed by atoms with van der Waals surface area (Å²) < 4.78 is 19.2. The van der Waals surface area contributed by atoms with Crippen LogP contribution < -0.4 is 10.1 Å². The fraction of sp³-hybridized carbons (Fsp3) is 0.400. The van der Waals surface area contributed by atoms with Crippen molar-refractivity contribution >= 4 is 11.6 Å². The number of ether oxygens (including phenoxy) is 1. The van der Waals surface area contributed by atoms with Crippen molar-refractivity contribution in [3.05, 3.63) is 64.4 Å². The Hall–Kier alpha value is -1.62. The summed E-state index contributed by atoms with van der Waals surface area (Å²) in [4.78, 5) is 2.48. The number of hydrogen-bond donors (Lipinski definition) is 1. The van der Waals surface area contributed by atoms with Gasteiger partial charge >= 0.3 is 0 Å². The molecule has 1 aliphatic rings. The molecule has 1 atom stereocenters. The molecule has 1 N–H and O–H groups in total. The molecule has 134 valence electrons. The van der Waals surface area contributed by atoms with E-state index in [1.165, 1.54) is 24.5 Å². The predicted octanol–water partition coefficient (Wildman–Crippen LogP) is 4.41. The lowest BCUT2D eigenvalue weighted by molar-refractivity contribution is 0.238. The lowest BCUT2D eigenvalue weighted by atomic mass is 10.0. The van der Waals surface area contributed by atoms with E-state index in [0.717, 1.165) is 25.4 Å². The molecule has 0 radical (unpaired) electrons. The van der Waals surface area contributed by atoms with Crippen LogP contribution in [0.3, 0.4) is 0 Å². The first-order valence-corrected chi connectivity index (χ1v) is 9.08. The Morgan fingerprint density at radius 1 is 1.16 bits per heavy atom. The Labute approximate surface area is 153 Å². The third-order valence-electron chi connectivity index (χ3n) is 4.78. The summed E-state index contributed by atoms with van der Waals surface area (Å²) in [7, 11) is 1.67. The van der Waals surface area contributed by atoms with Crippen molar-refractivity contribution in [1.29, 1.82) is 0 Å². The van der Waals surface area contributed by atoms with Gasteiger partial charge in [0.15, 0.2) is 0 Å². The predicted molar refractivity (Wildman–Crippen MR) is 99.7 cm³/mol. The van der Waals surface area contributed by atoms with Gasteiger partial charge in [-0.15, -0.1) is 0 Å². The third kappa shape index (κ3) is 4.51. The van der Waals surface area contributed by atoms with Crippen LogP contribution in [0.1, 0.15) is 30.0 Å². The molecular weight excluding hydrogens is 339 g/mol. The number of likely N-dealkylation sites (tertiary alicyclic amines) is 1. The molecule has 1 heterocycles. The zero-order valence-electron chi connectivity index (χ0n) is 14.5. The van der Waals surface area contributed by atoms with Gasteiger partial charge in [-0.05, 0) is 55.8 Å². The lowest BCUT2D eigenvalue weighted by Gasteiger charge is -2.28. The maximum atomic E-state index is 13.9. The monoisotopic (exact) mass is 362 g/mol. The van der Waals surface area contributed by atoms with E-state index in [0.29, 0.717) is 17.1 Å². The normalized spacial score (nSPS) is 16.1. The summed E-state index contributed by atoms with van der Waals surface area (Å²) in [6, 6.07) is 13.3. The first kappa shape index (κ1) is 18.2. The SMILES string of the molecule is COc1ccc([C@H](CNCc2c(F)cccc2Cl)N2CCCC2)cc1. The molecule has 0 saturated carbocycles. The molecule has 0 aromatic heterocycles. The molecule has 2 aromatic carbocycles. The molecule has 3 nitrogen and oxygen atoms in total. The van der Waals surface area contributed by atoms with Crippen LogP contribution in [0.15, 0.2) is 42.5 Å². The summed E-state index contributed by atoms with van der Waals surface area (Å²) in [5.41, 5.74) is 1.77. The maximum absolute atomic E-state index is 13.9. The Morgan fingerprint density at radius 3 is 2.52 bits per heavy atom. The van der Waals surface area contributed by atoms with Crippen LogP contribution in [-0.2, 0) is 6.54 Å². The van der Waals surface area contributed by atoms with Crippen LogP contribution in [0.25, 0.3) is 0 Å². The molecule has 1 fully saturated rings. The van der Waals surface area contributed by atoms with E-state index in [-0.39, 0.29) is 11.9 Å². The molecule has 0 unspecified atom stereocenters. The van der Waals surface area contributed by atoms with Crippen LogP contribution in [0.2, 0.25) is 5.02 Å². The van der Waals surface area contributed by atoms with Crippen LogP contribution in [0, 0.1) is 5.82 Å². The second-order valence-electron chi connectivity index (χ2n) is 6.36. The zero-order valence-corrected chi connectivity index (χ0v) is 15.2. The topological polar surface area (TPSA) is 24.5 Å². The molecular formula is C20H24ClFN2O. The average molecular weight is 363 g/mol. The molecule has 0 aliphatic carbocycles. The van der Waals surface area contributed by atoms with Crippen LogP contribution >= 0.6 is 11.6 Å². The van der Waals surface area contributed by atoms with E-state index in [4.69, 9.17) is 16.3 Å². The number of halogens is 2. The minimum atomic E-state index is -0.262. The number of nitrogens with zero attached hydrogens (tertiary/aromatic N) is 1. The molecule has 1 aliphatic heterocycles. The van der Waals surface area contributed by atoms with Gasteiger partial charge in [-0.2, -0.15) is 0 Å². The quantitative estimate of drug-likeness (QED) is 0.789. The molecule has 0 spiro atoms. The van der Waals surface area contributed by atoms with Gasteiger partial charge in [0.05, 0.1) is 7.11 Å². The van der Waals surface area contributed by atoms with Gasteiger partial charge in [-0.3, -0.25) is 4.90 Å². The smallest absolute Gasteiger partial charge is 0.129 e. The molecule has 0 bridgehead atoms. The summed E-state index contributed by atoms with van der Waals surface area (Å²) in [5.74, 6) is 0.595. The first-order valence-electron chi connectivity index (χ1n) is 8.70. The Morgan fingerprint density at radius 2 is 1.88 bits per heavy atom. The van der Waals surface area contributed by atoms with E-state index in [9.17, 15) is 4.39 Å². The fourth-order valence-corrected chi connectivity index (χ4v) is 3.60. The molecule has 0 amide bonds. The van der Waals surface area contributed by atoms with Gasteiger partial charge in [0.2, 0.25) is 0 Å². The standard InChI is InChI=1S/C20H24ClFN2O/c1-25-16-9-7-15(8-10-16)20(24-11-2-3-12-24)14-23-13-17-18(21)5-4-6-19(17)22/h4-10,20,23H,2-3,11-14H2,1H3/t20-/m0/s1. The molecule has 5 heteroatoms. The second kappa shape index (κ2) is 8.65. The number of nitrogens with one attached hydrogen (secondary N) is 1. The Balaban J connectivity index is 1.69. The van der Waals surface area contributed by atoms with E-state index in [1.54, 1.807) is 19.2 Å². The second-order valence-corrected chi connectivity index (χ2v) is 6.77. The van der Waals surface area contributed by atoms with E-state index in [1.807, 2.05) is 12.1 Å². The summed E-state index contributed by atoms with van der Waals surface area (Å²) in [5, 5.41) is 3.86. The molecule has 3 rings (SSSR count). The minimum Gasteiger partial charge on any atom is -0.497 e. The van der Waals surface area contributed by atoms with E-state index in [2.05, 4.69) is 22.3 Å². The molecule has 2 aromatic rings. The minimum absolute atomic E-state index is 0.262. The first-order chi connectivity index (χ1) is 12.2. The van der Waals surface area contributed by atoms with Crippen LogP contribution in [-0.4, -0.2) is 31.6 Å². The fourth-order valence-electron chi connectivity index (χ4n) is 3.37. The highest BCUT2D eigenvalue weighted by molar-refractivity contribution is 6.31. The highest BCUT2D eigenvalue weighted by Crippen LogP contribution is 2.26. The molecule has 1 saturated heterocycles. The number of rotatable bonds is 7. The van der Waals surface area contributed by atoms with Crippen molar-refractivity contribution < 1.29 is 9.13 Å². The molecule has 25 heavy (non-hydrogen) atoms. The average Bonchev–Trinajstić information content (AvgIpc) is 3.15. The van der Waals surface area contributed by atoms with Gasteiger partial charge in [-0.1, -0.05) is 29.8 Å². The van der Waals surface area contributed by atoms with Gasteiger partial charge < -0.3 is 10.1 Å². The van der Waals surface area contributed by atoms with Gasteiger partial charge in [-0.25, -0.2) is 4.39 Å².